The van der Waals surface area contributed by atoms with Crippen LogP contribution in [0.2, 0.25) is 0 Å². The van der Waals surface area contributed by atoms with Crippen LogP contribution in [0.3, 0.4) is 0 Å². The van der Waals surface area contributed by atoms with Gasteiger partial charge in [0.1, 0.15) is 0 Å². The zero-order chi connectivity index (χ0) is 10.5. The molecule has 0 aromatic carbocycles. The molecule has 13 heavy (non-hydrogen) atoms. The van der Waals surface area contributed by atoms with E-state index in [2.05, 4.69) is 27.7 Å². The van der Waals surface area contributed by atoms with Crippen molar-refractivity contribution >= 4 is 0 Å². The van der Waals surface area contributed by atoms with Gasteiger partial charge in [0.25, 0.3) is 0 Å². The fraction of sp³-hybridized carbons (Fsp3) is 1.00. The van der Waals surface area contributed by atoms with Crippen LogP contribution in [0.4, 0.5) is 0 Å². The van der Waals surface area contributed by atoms with Crippen LogP contribution in [0.1, 0.15) is 67.2 Å². The van der Waals surface area contributed by atoms with Crippen LogP contribution in [-0.4, -0.2) is 0 Å². The topological polar surface area (TPSA) is 0 Å². The molecule has 0 amide bonds. The molecule has 1 aliphatic rings. The highest BCUT2D eigenvalue weighted by Crippen LogP contribution is 2.45. The summed E-state index contributed by atoms with van der Waals surface area (Å²) in [5, 5.41) is 0. The van der Waals surface area contributed by atoms with Gasteiger partial charge in [-0.1, -0.05) is 54.4 Å². The predicted octanol–water partition coefficient (Wildman–Crippen LogP) is 4.89. The molecule has 0 spiro atoms. The summed E-state index contributed by atoms with van der Waals surface area (Å²) in [5.41, 5.74) is 0.650. The molecule has 0 heterocycles. The number of hydrogen-bond donors (Lipinski definition) is 0. The molecule has 1 fully saturated rings. The largest absolute Gasteiger partial charge is 0.0683 e. The van der Waals surface area contributed by atoms with Crippen LogP contribution in [0.25, 0.3) is 0 Å². The molecular formula is C13H28. The van der Waals surface area contributed by atoms with Gasteiger partial charge >= 0.3 is 0 Å². The maximum absolute atomic E-state index is 2.47. The Bertz CT molecular complexity index is 128. The Hall–Kier alpha value is 0. The summed E-state index contributed by atoms with van der Waals surface area (Å²) in [4.78, 5) is 0. The van der Waals surface area contributed by atoms with Crippen molar-refractivity contribution in [2.75, 3.05) is 0 Å². The Morgan fingerprint density at radius 3 is 2.08 bits per heavy atom. The maximum atomic E-state index is 2.47. The third kappa shape index (κ3) is 3.32. The van der Waals surface area contributed by atoms with Crippen LogP contribution in [0.5, 0.6) is 0 Å². The molecule has 0 aromatic rings. The Labute approximate surface area is 85.1 Å². The molecule has 0 bridgehead atoms. The van der Waals surface area contributed by atoms with E-state index < -0.39 is 0 Å². The Balaban J connectivity index is 0.000000671. The molecule has 80 valence electrons. The molecule has 0 radical (unpaired) electrons. The van der Waals surface area contributed by atoms with E-state index in [0.717, 1.165) is 11.8 Å². The average molecular weight is 184 g/mol. The van der Waals surface area contributed by atoms with Crippen LogP contribution in [0.15, 0.2) is 0 Å². The van der Waals surface area contributed by atoms with Crippen molar-refractivity contribution in [2.24, 2.45) is 17.3 Å². The van der Waals surface area contributed by atoms with E-state index >= 15 is 0 Å². The average Bonchev–Trinajstić information content (AvgIpc) is 2.15. The fourth-order valence-electron chi connectivity index (χ4n) is 2.48. The van der Waals surface area contributed by atoms with Crippen LogP contribution in [-0.2, 0) is 0 Å². The first-order valence-electron chi connectivity index (χ1n) is 6.08. The lowest BCUT2D eigenvalue weighted by Gasteiger charge is -2.42. The maximum Gasteiger partial charge on any atom is -0.0300 e. The van der Waals surface area contributed by atoms with E-state index in [0.29, 0.717) is 5.41 Å². The van der Waals surface area contributed by atoms with E-state index in [9.17, 15) is 0 Å². The highest BCUT2D eigenvalue weighted by Gasteiger charge is 2.34. The quantitative estimate of drug-likeness (QED) is 0.544. The van der Waals surface area contributed by atoms with Crippen molar-refractivity contribution in [2.45, 2.75) is 67.2 Å². The van der Waals surface area contributed by atoms with Crippen LogP contribution >= 0.6 is 0 Å². The summed E-state index contributed by atoms with van der Waals surface area (Å²) in [6, 6.07) is 0. The lowest BCUT2D eigenvalue weighted by Crippen LogP contribution is -2.31. The van der Waals surface area contributed by atoms with E-state index in [1.165, 1.54) is 25.7 Å². The standard InChI is InChI=1S/C11H22.C2H6/c1-5-11(4)8-9(2)6-7-10(11)3;1-2/h9-10H,5-8H2,1-4H3;1-2H3. The van der Waals surface area contributed by atoms with Crippen molar-refractivity contribution in [3.63, 3.8) is 0 Å². The molecule has 0 nitrogen and oxygen atoms in total. The van der Waals surface area contributed by atoms with Gasteiger partial charge in [-0.15, -0.1) is 0 Å². The molecule has 0 aliphatic heterocycles. The molecule has 1 saturated carbocycles. The summed E-state index contributed by atoms with van der Waals surface area (Å²) in [6.07, 6.45) is 5.71. The SMILES string of the molecule is CC.CCC1(C)CC(C)CCC1C. The first-order valence-corrected chi connectivity index (χ1v) is 6.08. The smallest absolute Gasteiger partial charge is 0.0300 e. The normalized spacial score (nSPS) is 39.2. The first-order chi connectivity index (χ1) is 6.08. The van der Waals surface area contributed by atoms with Gasteiger partial charge in [0.2, 0.25) is 0 Å². The minimum atomic E-state index is 0.650. The number of hydrogen-bond acceptors (Lipinski definition) is 0. The van der Waals surface area contributed by atoms with Crippen molar-refractivity contribution < 1.29 is 0 Å². The van der Waals surface area contributed by atoms with E-state index in [4.69, 9.17) is 0 Å². The Kier molecular flexibility index (Phi) is 5.67. The third-order valence-electron chi connectivity index (χ3n) is 3.90. The zero-order valence-electron chi connectivity index (χ0n) is 10.5. The second kappa shape index (κ2) is 5.67. The van der Waals surface area contributed by atoms with Gasteiger partial charge in [-0.2, -0.15) is 0 Å². The molecule has 3 atom stereocenters. The second-order valence-electron chi connectivity index (χ2n) is 4.80. The van der Waals surface area contributed by atoms with Gasteiger partial charge in [0, 0.05) is 0 Å². The highest BCUT2D eigenvalue weighted by molar-refractivity contribution is 4.85. The molecule has 3 unspecified atom stereocenters. The molecule has 0 heteroatoms. The summed E-state index contributed by atoms with van der Waals surface area (Å²) in [7, 11) is 0. The minimum absolute atomic E-state index is 0.650. The summed E-state index contributed by atoms with van der Waals surface area (Å²) in [5.74, 6) is 1.92. The lowest BCUT2D eigenvalue weighted by molar-refractivity contribution is 0.0901. The Morgan fingerprint density at radius 1 is 1.15 bits per heavy atom. The second-order valence-corrected chi connectivity index (χ2v) is 4.80. The van der Waals surface area contributed by atoms with Gasteiger partial charge in [0.05, 0.1) is 0 Å². The minimum Gasteiger partial charge on any atom is -0.0683 e. The molecule has 1 aliphatic carbocycles. The third-order valence-corrected chi connectivity index (χ3v) is 3.90. The predicted molar refractivity (Wildman–Crippen MR) is 61.9 cm³/mol. The van der Waals surface area contributed by atoms with E-state index in [-0.39, 0.29) is 0 Å². The van der Waals surface area contributed by atoms with Gasteiger partial charge in [0.15, 0.2) is 0 Å². The van der Waals surface area contributed by atoms with Crippen LogP contribution < -0.4 is 0 Å². The first kappa shape index (κ1) is 13.0. The van der Waals surface area contributed by atoms with Crippen molar-refractivity contribution in [3.05, 3.63) is 0 Å². The zero-order valence-corrected chi connectivity index (χ0v) is 10.5. The summed E-state index contributed by atoms with van der Waals surface area (Å²) < 4.78 is 0. The van der Waals surface area contributed by atoms with E-state index in [1.807, 2.05) is 13.8 Å². The molecule has 0 saturated heterocycles. The molecule has 0 aromatic heterocycles. The van der Waals surface area contributed by atoms with E-state index in [1.54, 1.807) is 0 Å². The molecular weight excluding hydrogens is 156 g/mol. The van der Waals surface area contributed by atoms with Crippen LogP contribution in [0, 0.1) is 17.3 Å². The lowest BCUT2D eigenvalue weighted by atomic mass is 9.64. The van der Waals surface area contributed by atoms with Gasteiger partial charge < -0.3 is 0 Å². The summed E-state index contributed by atoms with van der Waals surface area (Å²) >= 11 is 0. The van der Waals surface area contributed by atoms with Gasteiger partial charge in [-0.05, 0) is 30.1 Å². The highest BCUT2D eigenvalue weighted by atomic mass is 14.4. The van der Waals surface area contributed by atoms with Gasteiger partial charge in [-0.3, -0.25) is 0 Å². The van der Waals surface area contributed by atoms with Gasteiger partial charge in [-0.25, -0.2) is 0 Å². The summed E-state index contributed by atoms with van der Waals surface area (Å²) in [6.45, 7) is 13.6. The fourth-order valence-corrected chi connectivity index (χ4v) is 2.48. The van der Waals surface area contributed by atoms with Crippen molar-refractivity contribution in [3.8, 4) is 0 Å². The molecule has 0 N–H and O–H groups in total. The van der Waals surface area contributed by atoms with Crippen molar-refractivity contribution in [1.82, 2.24) is 0 Å². The molecule has 1 rings (SSSR count). The monoisotopic (exact) mass is 184 g/mol. The number of rotatable bonds is 1. The Morgan fingerprint density at radius 2 is 1.69 bits per heavy atom. The van der Waals surface area contributed by atoms with Crippen molar-refractivity contribution in [1.29, 1.82) is 0 Å².